The molecule has 1 saturated heterocycles. The molecule has 128 valence electrons. The van der Waals surface area contributed by atoms with Gasteiger partial charge in [-0.3, -0.25) is 4.79 Å². The van der Waals surface area contributed by atoms with Crippen molar-refractivity contribution >= 4 is 16.8 Å². The first-order valence-electron chi connectivity index (χ1n) is 8.83. The van der Waals surface area contributed by atoms with Crippen molar-refractivity contribution in [3.63, 3.8) is 0 Å². The Morgan fingerprint density at radius 3 is 2.79 bits per heavy atom. The molecular formula is C20H27N3O. The van der Waals surface area contributed by atoms with Crippen LogP contribution in [0.3, 0.4) is 0 Å². The highest BCUT2D eigenvalue weighted by molar-refractivity contribution is 5.89. The largest absolute Gasteiger partial charge is 0.369 e. The number of likely N-dealkylation sites (N-methyl/N-ethyl adjacent to an activating group) is 1. The molecule has 3 atom stereocenters. The number of hydrogen-bond acceptors (Lipinski definition) is 2. The number of H-pyrrole nitrogens is 1. The number of carbonyl (C=O) groups excluding carboxylic acids is 1. The molecule has 4 heteroatoms. The molecule has 1 aromatic carbocycles. The summed E-state index contributed by atoms with van der Waals surface area (Å²) in [6.07, 6.45) is 4.03. The Bertz CT molecular complexity index is 816. The SMILES string of the molecule is CN1CC(C(N)=O)(C(C)(C)C)C[C@@H]2c3cccc4[nH]cc(c34)C[C@H]21. The van der Waals surface area contributed by atoms with E-state index in [2.05, 4.69) is 62.1 Å². The third-order valence-corrected chi connectivity index (χ3v) is 6.67. The molecule has 0 radical (unpaired) electrons. The molecule has 0 spiro atoms. The Kier molecular flexibility index (Phi) is 3.17. The summed E-state index contributed by atoms with van der Waals surface area (Å²) in [7, 11) is 2.15. The third kappa shape index (κ3) is 1.92. The Labute approximate surface area is 143 Å². The van der Waals surface area contributed by atoms with E-state index in [4.69, 9.17) is 5.73 Å². The van der Waals surface area contributed by atoms with Gasteiger partial charge in [0.2, 0.25) is 5.91 Å². The van der Waals surface area contributed by atoms with Gasteiger partial charge in [-0.2, -0.15) is 0 Å². The summed E-state index contributed by atoms with van der Waals surface area (Å²) in [5.74, 6) is 0.190. The molecule has 1 fully saturated rings. The van der Waals surface area contributed by atoms with Crippen LogP contribution >= 0.6 is 0 Å². The molecule has 1 aromatic heterocycles. The Morgan fingerprint density at radius 2 is 2.12 bits per heavy atom. The van der Waals surface area contributed by atoms with Crippen molar-refractivity contribution in [1.29, 1.82) is 0 Å². The number of aromatic amines is 1. The minimum Gasteiger partial charge on any atom is -0.369 e. The van der Waals surface area contributed by atoms with E-state index in [0.717, 1.165) is 19.4 Å². The lowest BCUT2D eigenvalue weighted by atomic mass is 9.57. The van der Waals surface area contributed by atoms with E-state index in [9.17, 15) is 4.79 Å². The number of nitrogens with zero attached hydrogens (tertiary/aromatic N) is 1. The predicted octanol–water partition coefficient (Wildman–Crippen LogP) is 3.03. The highest BCUT2D eigenvalue weighted by Crippen LogP contribution is 2.53. The third-order valence-electron chi connectivity index (χ3n) is 6.67. The summed E-state index contributed by atoms with van der Waals surface area (Å²) in [6.45, 7) is 7.19. The zero-order chi connectivity index (χ0) is 17.3. The minimum absolute atomic E-state index is 0.160. The summed E-state index contributed by atoms with van der Waals surface area (Å²) in [5.41, 5.74) is 9.29. The summed E-state index contributed by atoms with van der Waals surface area (Å²) in [5, 5.41) is 1.36. The van der Waals surface area contributed by atoms with Crippen LogP contribution in [0, 0.1) is 10.8 Å². The first-order valence-corrected chi connectivity index (χ1v) is 8.83. The van der Waals surface area contributed by atoms with Crippen LogP contribution in [-0.4, -0.2) is 35.4 Å². The number of nitrogens with two attached hydrogens (primary N) is 1. The fourth-order valence-corrected chi connectivity index (χ4v) is 5.11. The molecule has 4 rings (SSSR count). The van der Waals surface area contributed by atoms with E-state index in [1.807, 2.05) is 0 Å². The number of hydrogen-bond donors (Lipinski definition) is 2. The molecule has 4 nitrogen and oxygen atoms in total. The summed E-state index contributed by atoms with van der Waals surface area (Å²) in [4.78, 5) is 18.4. The highest BCUT2D eigenvalue weighted by atomic mass is 16.1. The number of nitrogens with one attached hydrogen (secondary N) is 1. The summed E-state index contributed by atoms with van der Waals surface area (Å²) in [6, 6.07) is 6.94. The number of piperidine rings is 1. The number of likely N-dealkylation sites (tertiary alicyclic amines) is 1. The molecular weight excluding hydrogens is 298 g/mol. The molecule has 2 heterocycles. The van der Waals surface area contributed by atoms with Crippen LogP contribution in [-0.2, 0) is 11.2 Å². The van der Waals surface area contributed by atoms with Crippen LogP contribution < -0.4 is 5.73 Å². The lowest BCUT2D eigenvalue weighted by Gasteiger charge is -2.54. The predicted molar refractivity (Wildman–Crippen MR) is 96.9 cm³/mol. The fourth-order valence-electron chi connectivity index (χ4n) is 5.11. The number of carbonyl (C=O) groups is 1. The molecule has 1 amide bonds. The van der Waals surface area contributed by atoms with E-state index in [0.29, 0.717) is 12.0 Å². The molecule has 0 bridgehead atoms. The first kappa shape index (κ1) is 15.7. The van der Waals surface area contributed by atoms with Crippen molar-refractivity contribution in [3.8, 4) is 0 Å². The maximum atomic E-state index is 12.6. The van der Waals surface area contributed by atoms with Gasteiger partial charge in [-0.25, -0.2) is 0 Å². The van der Waals surface area contributed by atoms with Gasteiger partial charge in [0, 0.05) is 35.6 Å². The molecule has 24 heavy (non-hydrogen) atoms. The van der Waals surface area contributed by atoms with Crippen LogP contribution in [0.5, 0.6) is 0 Å². The molecule has 0 saturated carbocycles. The number of aromatic nitrogens is 1. The molecule has 1 aliphatic heterocycles. The van der Waals surface area contributed by atoms with Crippen LogP contribution in [0.1, 0.15) is 44.2 Å². The molecule has 3 N–H and O–H groups in total. The normalized spacial score (nSPS) is 30.3. The van der Waals surface area contributed by atoms with E-state index < -0.39 is 5.41 Å². The van der Waals surface area contributed by atoms with Gasteiger partial charge >= 0.3 is 0 Å². The monoisotopic (exact) mass is 325 g/mol. The summed E-state index contributed by atoms with van der Waals surface area (Å²) >= 11 is 0. The smallest absolute Gasteiger partial charge is 0.225 e. The quantitative estimate of drug-likeness (QED) is 0.846. The van der Waals surface area contributed by atoms with Gasteiger partial charge in [0.1, 0.15) is 0 Å². The van der Waals surface area contributed by atoms with Crippen molar-refractivity contribution in [2.75, 3.05) is 13.6 Å². The highest BCUT2D eigenvalue weighted by Gasteiger charge is 2.55. The van der Waals surface area contributed by atoms with Crippen LogP contribution in [0.4, 0.5) is 0 Å². The molecule has 2 aromatic rings. The van der Waals surface area contributed by atoms with Crippen LogP contribution in [0.2, 0.25) is 0 Å². The maximum absolute atomic E-state index is 12.6. The Balaban J connectivity index is 1.88. The fraction of sp³-hybridized carbons (Fsp3) is 0.550. The second-order valence-corrected chi connectivity index (χ2v) is 8.78. The number of fused-ring (bicyclic) bond motifs is 2. The van der Waals surface area contributed by atoms with Crippen molar-refractivity contribution in [2.45, 2.75) is 45.6 Å². The van der Waals surface area contributed by atoms with E-state index in [1.54, 1.807) is 0 Å². The lowest BCUT2D eigenvalue weighted by molar-refractivity contribution is -0.142. The Morgan fingerprint density at radius 1 is 1.38 bits per heavy atom. The topological polar surface area (TPSA) is 62.1 Å². The lowest BCUT2D eigenvalue weighted by Crippen LogP contribution is -2.61. The minimum atomic E-state index is -0.501. The number of rotatable bonds is 1. The molecule has 2 aliphatic rings. The van der Waals surface area contributed by atoms with E-state index in [1.165, 1.54) is 22.0 Å². The van der Waals surface area contributed by atoms with Gasteiger partial charge in [-0.15, -0.1) is 0 Å². The second kappa shape index (κ2) is 4.85. The van der Waals surface area contributed by atoms with Gasteiger partial charge in [0.15, 0.2) is 0 Å². The first-order chi connectivity index (χ1) is 11.2. The molecule has 1 aliphatic carbocycles. The van der Waals surface area contributed by atoms with Crippen LogP contribution in [0.15, 0.2) is 24.4 Å². The van der Waals surface area contributed by atoms with Gasteiger partial charge < -0.3 is 15.6 Å². The zero-order valence-corrected chi connectivity index (χ0v) is 15.0. The van der Waals surface area contributed by atoms with Crippen molar-refractivity contribution < 1.29 is 4.79 Å². The van der Waals surface area contributed by atoms with Crippen molar-refractivity contribution in [3.05, 3.63) is 35.5 Å². The van der Waals surface area contributed by atoms with Crippen molar-refractivity contribution in [2.24, 2.45) is 16.6 Å². The van der Waals surface area contributed by atoms with Gasteiger partial charge in [0.25, 0.3) is 0 Å². The molecule has 1 unspecified atom stereocenters. The zero-order valence-electron chi connectivity index (χ0n) is 15.0. The van der Waals surface area contributed by atoms with E-state index >= 15 is 0 Å². The Hall–Kier alpha value is -1.81. The average Bonchev–Trinajstić information content (AvgIpc) is 2.91. The number of amides is 1. The average molecular weight is 325 g/mol. The van der Waals surface area contributed by atoms with Gasteiger partial charge in [-0.1, -0.05) is 32.9 Å². The standard InChI is InChI=1S/C20H27N3O/c1-19(2,3)20(18(21)24)9-14-13-6-5-7-15-17(13)12(10-22-15)8-16(14)23(4)11-20/h5-7,10,14,16,22H,8-9,11H2,1-4H3,(H2,21,24)/t14-,16-,20?/m1/s1. The van der Waals surface area contributed by atoms with Gasteiger partial charge in [-0.05, 0) is 42.5 Å². The van der Waals surface area contributed by atoms with E-state index in [-0.39, 0.29) is 11.3 Å². The number of benzene rings is 1. The second-order valence-electron chi connectivity index (χ2n) is 8.78. The van der Waals surface area contributed by atoms with Gasteiger partial charge in [0.05, 0.1) is 5.41 Å². The summed E-state index contributed by atoms with van der Waals surface area (Å²) < 4.78 is 0. The number of primary amides is 1. The van der Waals surface area contributed by atoms with Crippen molar-refractivity contribution in [1.82, 2.24) is 9.88 Å². The van der Waals surface area contributed by atoms with Crippen LogP contribution in [0.25, 0.3) is 10.9 Å². The maximum Gasteiger partial charge on any atom is 0.225 e.